The lowest BCUT2D eigenvalue weighted by atomic mass is 10.1. The molecule has 0 aliphatic carbocycles. The second kappa shape index (κ2) is 9.67. The Morgan fingerprint density at radius 3 is 1.90 bits per heavy atom. The summed E-state index contributed by atoms with van der Waals surface area (Å²) in [7, 11) is -7.54. The second-order valence-corrected chi connectivity index (χ2v) is 10.4. The Labute approximate surface area is 173 Å². The third-order valence-corrected chi connectivity index (χ3v) is 7.22. The molecule has 2 aromatic rings. The molecule has 158 valence electrons. The Kier molecular flexibility index (Phi) is 7.76. The van der Waals surface area contributed by atoms with Crippen LogP contribution in [0.2, 0.25) is 0 Å². The molecule has 1 atom stereocenters. The summed E-state index contributed by atoms with van der Waals surface area (Å²) in [4.78, 5) is 0.271. The van der Waals surface area contributed by atoms with Gasteiger partial charge >= 0.3 is 0 Å². The molecule has 0 heterocycles. The van der Waals surface area contributed by atoms with Crippen molar-refractivity contribution >= 4 is 20.1 Å². The van der Waals surface area contributed by atoms with Crippen LogP contribution in [0, 0.1) is 13.8 Å². The van der Waals surface area contributed by atoms with E-state index in [0.29, 0.717) is 18.4 Å². The van der Waals surface area contributed by atoms with Crippen LogP contribution in [0.25, 0.3) is 0 Å². The number of aryl methyl sites for hydroxylation is 2. The number of hydrogen-bond acceptors (Lipinski definition) is 5. The zero-order chi connectivity index (χ0) is 21.7. The van der Waals surface area contributed by atoms with Gasteiger partial charge in [-0.25, -0.2) is 13.1 Å². The third kappa shape index (κ3) is 6.78. The number of benzene rings is 2. The van der Waals surface area contributed by atoms with Crippen molar-refractivity contribution in [3.63, 3.8) is 0 Å². The molecule has 0 aliphatic rings. The van der Waals surface area contributed by atoms with E-state index in [4.69, 9.17) is 4.18 Å². The van der Waals surface area contributed by atoms with Gasteiger partial charge in [-0.15, -0.1) is 0 Å². The van der Waals surface area contributed by atoms with Gasteiger partial charge < -0.3 is 0 Å². The molecule has 6 nitrogen and oxygen atoms in total. The van der Waals surface area contributed by atoms with Crippen LogP contribution in [-0.2, 0) is 24.3 Å². The van der Waals surface area contributed by atoms with Gasteiger partial charge in [0.2, 0.25) is 10.0 Å². The highest BCUT2D eigenvalue weighted by Gasteiger charge is 2.21. The molecule has 0 saturated carbocycles. The van der Waals surface area contributed by atoms with Crippen molar-refractivity contribution in [2.24, 2.45) is 0 Å². The lowest BCUT2D eigenvalue weighted by Crippen LogP contribution is -2.35. The van der Waals surface area contributed by atoms with Crippen molar-refractivity contribution in [1.29, 1.82) is 0 Å². The first-order chi connectivity index (χ1) is 13.5. The predicted octanol–water partition coefficient (Wildman–Crippen LogP) is 3.71. The molecule has 1 N–H and O–H groups in total. The van der Waals surface area contributed by atoms with Gasteiger partial charge in [-0.2, -0.15) is 8.42 Å². The van der Waals surface area contributed by atoms with E-state index in [2.05, 4.69) is 11.3 Å². The summed E-state index contributed by atoms with van der Waals surface area (Å²) in [5.74, 6) is 0. The summed E-state index contributed by atoms with van der Waals surface area (Å²) in [5.41, 5.74) is 2.56. The molecule has 0 spiro atoms. The Hall–Kier alpha value is -2.00. The zero-order valence-corrected chi connectivity index (χ0v) is 18.5. The number of hydrogen-bond donors (Lipinski definition) is 1. The molecule has 0 aliphatic heterocycles. The van der Waals surface area contributed by atoms with Crippen molar-refractivity contribution < 1.29 is 21.0 Å². The van der Waals surface area contributed by atoms with E-state index in [1.807, 2.05) is 13.8 Å². The van der Waals surface area contributed by atoms with Gasteiger partial charge in [0.25, 0.3) is 10.1 Å². The van der Waals surface area contributed by atoms with Crippen molar-refractivity contribution in [1.82, 2.24) is 4.72 Å². The molecule has 0 saturated heterocycles. The average molecular weight is 438 g/mol. The van der Waals surface area contributed by atoms with E-state index in [1.54, 1.807) is 43.3 Å². The van der Waals surface area contributed by atoms with E-state index in [-0.39, 0.29) is 16.4 Å². The Bertz CT molecular complexity index is 1040. The fourth-order valence-corrected chi connectivity index (χ4v) is 4.87. The molecule has 0 amide bonds. The van der Waals surface area contributed by atoms with Crippen molar-refractivity contribution in [2.75, 3.05) is 6.61 Å². The standard InChI is InChI=1S/C21H27NO5S2/c1-16(2)21(22-28(23,24)19-11-7-17(3)8-12-19)6-5-15-27-29(25,26)20-13-9-18(4)10-14-20/h7-14,21-22H,1,5-6,15H2,2-4H3. The molecule has 2 rings (SSSR count). The summed E-state index contributed by atoms with van der Waals surface area (Å²) in [6, 6.07) is 12.4. The maximum absolute atomic E-state index is 12.6. The molecular formula is C21H27NO5S2. The molecule has 0 bridgehead atoms. The monoisotopic (exact) mass is 437 g/mol. The van der Waals surface area contributed by atoms with Crippen LogP contribution in [-0.4, -0.2) is 29.5 Å². The van der Waals surface area contributed by atoms with Crippen molar-refractivity contribution in [3.05, 3.63) is 71.8 Å². The second-order valence-electron chi connectivity index (χ2n) is 7.06. The van der Waals surface area contributed by atoms with E-state index in [1.165, 1.54) is 12.1 Å². The van der Waals surface area contributed by atoms with Gasteiger partial charge in [-0.3, -0.25) is 4.18 Å². The highest BCUT2D eigenvalue weighted by molar-refractivity contribution is 7.89. The van der Waals surface area contributed by atoms with Crippen LogP contribution in [0.3, 0.4) is 0 Å². The minimum absolute atomic E-state index is 0.0494. The topological polar surface area (TPSA) is 89.5 Å². The molecule has 0 radical (unpaired) electrons. The van der Waals surface area contributed by atoms with E-state index >= 15 is 0 Å². The molecule has 8 heteroatoms. The third-order valence-electron chi connectivity index (χ3n) is 4.41. The lowest BCUT2D eigenvalue weighted by Gasteiger charge is -2.19. The predicted molar refractivity (Wildman–Crippen MR) is 114 cm³/mol. The SMILES string of the molecule is C=C(C)C(CCCOS(=O)(=O)c1ccc(C)cc1)NS(=O)(=O)c1ccc(C)cc1. The van der Waals surface area contributed by atoms with Gasteiger partial charge in [0, 0.05) is 6.04 Å². The first-order valence-corrected chi connectivity index (χ1v) is 12.1. The maximum atomic E-state index is 12.6. The molecule has 0 aromatic heterocycles. The van der Waals surface area contributed by atoms with Crippen LogP contribution in [0.1, 0.15) is 30.9 Å². The van der Waals surface area contributed by atoms with Gasteiger partial charge in [0.1, 0.15) is 0 Å². The number of rotatable bonds is 10. The first-order valence-electron chi connectivity index (χ1n) is 9.22. The van der Waals surface area contributed by atoms with Gasteiger partial charge in [-0.05, 0) is 57.9 Å². The summed E-state index contributed by atoms with van der Waals surface area (Å²) in [5, 5.41) is 0. The van der Waals surface area contributed by atoms with Gasteiger partial charge in [0.15, 0.2) is 0 Å². The fraction of sp³-hybridized carbons (Fsp3) is 0.333. The molecular weight excluding hydrogens is 410 g/mol. The molecule has 1 unspecified atom stereocenters. The quantitative estimate of drug-likeness (QED) is 0.348. The molecule has 29 heavy (non-hydrogen) atoms. The first kappa shape index (κ1) is 23.3. The molecule has 0 fully saturated rings. The zero-order valence-electron chi connectivity index (χ0n) is 16.9. The summed E-state index contributed by atoms with van der Waals surface area (Å²) in [6.07, 6.45) is 0.711. The van der Waals surface area contributed by atoms with Crippen LogP contribution in [0.5, 0.6) is 0 Å². The van der Waals surface area contributed by atoms with E-state index in [9.17, 15) is 16.8 Å². The van der Waals surface area contributed by atoms with Crippen LogP contribution >= 0.6 is 0 Å². The number of sulfonamides is 1. The van der Waals surface area contributed by atoms with Gasteiger partial charge in [0.05, 0.1) is 16.4 Å². The Morgan fingerprint density at radius 1 is 0.931 bits per heavy atom. The minimum atomic E-state index is -3.84. The number of nitrogens with one attached hydrogen (secondary N) is 1. The highest BCUT2D eigenvalue weighted by Crippen LogP contribution is 2.17. The largest absolute Gasteiger partial charge is 0.296 e. The average Bonchev–Trinajstić information content (AvgIpc) is 2.64. The van der Waals surface area contributed by atoms with E-state index < -0.39 is 26.2 Å². The summed E-state index contributed by atoms with van der Waals surface area (Å²) < 4.78 is 57.3. The van der Waals surface area contributed by atoms with Crippen molar-refractivity contribution in [2.45, 2.75) is 49.4 Å². The summed E-state index contributed by atoms with van der Waals surface area (Å²) in [6.45, 7) is 9.27. The fourth-order valence-electron chi connectivity index (χ4n) is 2.61. The Balaban J connectivity index is 1.95. The van der Waals surface area contributed by atoms with Crippen molar-refractivity contribution in [3.8, 4) is 0 Å². The van der Waals surface area contributed by atoms with Crippen LogP contribution < -0.4 is 4.72 Å². The smallest absolute Gasteiger partial charge is 0.266 e. The maximum Gasteiger partial charge on any atom is 0.296 e. The molecule has 2 aromatic carbocycles. The minimum Gasteiger partial charge on any atom is -0.266 e. The highest BCUT2D eigenvalue weighted by atomic mass is 32.2. The summed E-state index contributed by atoms with van der Waals surface area (Å²) >= 11 is 0. The van der Waals surface area contributed by atoms with Gasteiger partial charge in [-0.1, -0.05) is 47.5 Å². The van der Waals surface area contributed by atoms with E-state index in [0.717, 1.165) is 11.1 Å². The normalized spacial score (nSPS) is 13.2. The van der Waals surface area contributed by atoms with Crippen LogP contribution in [0.4, 0.5) is 0 Å². The Morgan fingerprint density at radius 2 is 1.41 bits per heavy atom. The van der Waals surface area contributed by atoms with Crippen LogP contribution in [0.15, 0.2) is 70.5 Å². The lowest BCUT2D eigenvalue weighted by molar-refractivity contribution is 0.304.